The number of hydrogen-bond donors (Lipinski definition) is 1. The van der Waals surface area contributed by atoms with Gasteiger partial charge in [-0.3, -0.25) is 4.72 Å². The van der Waals surface area contributed by atoms with Crippen LogP contribution in [0.5, 0.6) is 0 Å². The summed E-state index contributed by atoms with van der Waals surface area (Å²) in [6.07, 6.45) is 0. The van der Waals surface area contributed by atoms with E-state index in [1.165, 1.54) is 0 Å². The van der Waals surface area contributed by atoms with Crippen LogP contribution >= 0.6 is 11.5 Å². The minimum Gasteiger partial charge on any atom is -0.279 e. The molecule has 110 valence electrons. The van der Waals surface area contributed by atoms with Gasteiger partial charge in [-0.15, -0.1) is 10.2 Å². The van der Waals surface area contributed by atoms with Crippen molar-refractivity contribution in [2.75, 3.05) is 4.72 Å². The Labute approximate surface area is 130 Å². The van der Waals surface area contributed by atoms with E-state index in [1.54, 1.807) is 31.2 Å². The van der Waals surface area contributed by atoms with Gasteiger partial charge < -0.3 is 0 Å². The third-order valence-corrected chi connectivity index (χ3v) is 5.37. The van der Waals surface area contributed by atoms with E-state index >= 15 is 0 Å². The Kier molecular flexibility index (Phi) is 2.75. The van der Waals surface area contributed by atoms with E-state index in [0.29, 0.717) is 27.7 Å². The average molecular weight is 331 g/mol. The molecule has 0 unspecified atom stereocenters. The zero-order valence-electron chi connectivity index (χ0n) is 11.3. The molecule has 2 heterocycles. The van der Waals surface area contributed by atoms with Crippen LogP contribution in [0.1, 0.15) is 5.82 Å². The number of hydrogen-bond acceptors (Lipinski definition) is 7. The van der Waals surface area contributed by atoms with Gasteiger partial charge in [0, 0.05) is 22.3 Å². The molecule has 0 radical (unpaired) electrons. The number of aromatic nitrogens is 2. The fourth-order valence-electron chi connectivity index (χ4n) is 2.38. The monoisotopic (exact) mass is 331 g/mol. The second-order valence-electron chi connectivity index (χ2n) is 4.74. The van der Waals surface area contributed by atoms with Crippen molar-refractivity contribution in [3.8, 4) is 0 Å². The van der Waals surface area contributed by atoms with Crippen LogP contribution in [-0.2, 0) is 10.0 Å². The highest BCUT2D eigenvalue weighted by Gasteiger charge is 2.27. The van der Waals surface area contributed by atoms with Crippen molar-refractivity contribution in [3.63, 3.8) is 0 Å². The number of aryl methyl sites for hydroxylation is 1. The Hall–Kier alpha value is -2.39. The molecule has 1 aromatic heterocycles. The summed E-state index contributed by atoms with van der Waals surface area (Å²) in [5.41, 5.74) is 1.16. The van der Waals surface area contributed by atoms with Crippen LogP contribution in [0, 0.1) is 6.92 Å². The van der Waals surface area contributed by atoms with Gasteiger partial charge in [0.25, 0.3) is 10.0 Å². The van der Waals surface area contributed by atoms with Crippen molar-refractivity contribution in [2.24, 2.45) is 10.2 Å². The van der Waals surface area contributed by atoms with Crippen LogP contribution in [0.15, 0.2) is 45.5 Å². The third kappa shape index (κ3) is 1.97. The van der Waals surface area contributed by atoms with E-state index in [1.807, 2.05) is 6.07 Å². The zero-order chi connectivity index (χ0) is 15.3. The summed E-state index contributed by atoms with van der Waals surface area (Å²) in [6.45, 7) is 1.78. The van der Waals surface area contributed by atoms with Gasteiger partial charge in [0.1, 0.15) is 5.82 Å². The molecule has 1 N–H and O–H groups in total. The SMILES string of the molecule is Cc1nsc(/N=N/c2ccc3c4c(cccc24)S(=O)(=O)N3)n1. The lowest BCUT2D eigenvalue weighted by Gasteiger charge is -2.01. The number of benzene rings is 2. The highest BCUT2D eigenvalue weighted by molar-refractivity contribution is 7.93. The van der Waals surface area contributed by atoms with E-state index in [-0.39, 0.29) is 4.90 Å². The molecule has 0 aliphatic carbocycles. The number of sulfonamides is 1. The maximum absolute atomic E-state index is 12.0. The minimum absolute atomic E-state index is 0.267. The van der Waals surface area contributed by atoms with Gasteiger partial charge in [0.05, 0.1) is 16.3 Å². The van der Waals surface area contributed by atoms with Gasteiger partial charge in [-0.2, -0.15) is 4.37 Å². The molecule has 0 bridgehead atoms. The Morgan fingerprint density at radius 1 is 1.18 bits per heavy atom. The predicted octanol–water partition coefficient (Wildman–Crippen LogP) is 3.53. The standard InChI is InChI=1S/C13H9N5O2S2/c1-7-14-13(21-17-7)16-15-9-5-6-10-12-8(9)3-2-4-11(12)22(19,20)18-10/h2-6,18H,1H3/b16-15+. The molecule has 0 amide bonds. The number of rotatable bonds is 2. The second kappa shape index (κ2) is 4.55. The van der Waals surface area contributed by atoms with Crippen LogP contribution in [0.4, 0.5) is 16.5 Å². The first-order valence-corrected chi connectivity index (χ1v) is 8.61. The molecule has 22 heavy (non-hydrogen) atoms. The Morgan fingerprint density at radius 2 is 2.05 bits per heavy atom. The summed E-state index contributed by atoms with van der Waals surface area (Å²) in [6, 6.07) is 8.52. The number of nitrogens with one attached hydrogen (secondary N) is 1. The van der Waals surface area contributed by atoms with E-state index < -0.39 is 10.0 Å². The maximum atomic E-state index is 12.0. The van der Waals surface area contributed by atoms with Crippen LogP contribution in [-0.4, -0.2) is 17.8 Å². The Morgan fingerprint density at radius 3 is 2.82 bits per heavy atom. The Bertz CT molecular complexity index is 1040. The lowest BCUT2D eigenvalue weighted by atomic mass is 10.1. The molecule has 3 aromatic rings. The summed E-state index contributed by atoms with van der Waals surface area (Å²) in [4.78, 5) is 4.38. The van der Waals surface area contributed by atoms with Gasteiger partial charge in [-0.25, -0.2) is 13.4 Å². The van der Waals surface area contributed by atoms with Gasteiger partial charge in [-0.1, -0.05) is 12.1 Å². The summed E-state index contributed by atoms with van der Waals surface area (Å²) >= 11 is 1.16. The first kappa shape index (κ1) is 13.3. The summed E-state index contributed by atoms with van der Waals surface area (Å²) in [5, 5.41) is 10.1. The largest absolute Gasteiger partial charge is 0.279 e. The molecule has 0 fully saturated rings. The number of nitrogens with zero attached hydrogens (tertiary/aromatic N) is 4. The molecule has 2 aromatic carbocycles. The quantitative estimate of drug-likeness (QED) is 0.726. The van der Waals surface area contributed by atoms with Crippen LogP contribution in [0.3, 0.4) is 0 Å². The van der Waals surface area contributed by atoms with Crippen molar-refractivity contribution < 1.29 is 8.42 Å². The summed E-state index contributed by atoms with van der Waals surface area (Å²) in [7, 11) is -3.48. The average Bonchev–Trinajstić information content (AvgIpc) is 3.01. The third-order valence-electron chi connectivity index (χ3n) is 3.27. The highest BCUT2D eigenvalue weighted by Crippen LogP contribution is 2.41. The van der Waals surface area contributed by atoms with Gasteiger partial charge >= 0.3 is 0 Å². The molecular weight excluding hydrogens is 322 g/mol. The lowest BCUT2D eigenvalue weighted by molar-refractivity contribution is 0.603. The molecule has 1 aliphatic heterocycles. The minimum atomic E-state index is -3.48. The van der Waals surface area contributed by atoms with Crippen molar-refractivity contribution in [3.05, 3.63) is 36.2 Å². The first-order chi connectivity index (χ1) is 10.5. The topological polar surface area (TPSA) is 96.7 Å². The molecular formula is C13H9N5O2S2. The van der Waals surface area contributed by atoms with Crippen LogP contribution < -0.4 is 4.72 Å². The van der Waals surface area contributed by atoms with Crippen molar-refractivity contribution in [1.29, 1.82) is 0 Å². The zero-order valence-corrected chi connectivity index (χ0v) is 12.9. The van der Waals surface area contributed by atoms with Gasteiger partial charge in [0.2, 0.25) is 5.13 Å². The highest BCUT2D eigenvalue weighted by atomic mass is 32.2. The smallest absolute Gasteiger partial charge is 0.262 e. The molecule has 4 rings (SSSR count). The van der Waals surface area contributed by atoms with E-state index in [2.05, 4.69) is 24.3 Å². The van der Waals surface area contributed by atoms with Crippen molar-refractivity contribution >= 4 is 48.8 Å². The normalized spacial score (nSPS) is 15.5. The molecule has 9 heteroatoms. The lowest BCUT2D eigenvalue weighted by Crippen LogP contribution is -2.05. The molecule has 0 saturated heterocycles. The van der Waals surface area contributed by atoms with Gasteiger partial charge in [-0.05, 0) is 25.1 Å². The Balaban J connectivity index is 1.89. The maximum Gasteiger partial charge on any atom is 0.262 e. The van der Waals surface area contributed by atoms with Crippen molar-refractivity contribution in [2.45, 2.75) is 11.8 Å². The van der Waals surface area contributed by atoms with E-state index in [4.69, 9.17) is 0 Å². The second-order valence-corrected chi connectivity index (χ2v) is 7.12. The molecule has 0 atom stereocenters. The summed E-state index contributed by atoms with van der Waals surface area (Å²) in [5.74, 6) is 0.648. The van der Waals surface area contributed by atoms with E-state index in [0.717, 1.165) is 16.9 Å². The molecule has 7 nitrogen and oxygen atoms in total. The number of azo groups is 1. The van der Waals surface area contributed by atoms with Gasteiger partial charge in [0.15, 0.2) is 0 Å². The summed E-state index contributed by atoms with van der Waals surface area (Å²) < 4.78 is 30.7. The molecule has 0 saturated carbocycles. The first-order valence-electron chi connectivity index (χ1n) is 6.35. The molecule has 1 aliphatic rings. The van der Waals surface area contributed by atoms with Crippen LogP contribution in [0.2, 0.25) is 0 Å². The van der Waals surface area contributed by atoms with Crippen LogP contribution in [0.25, 0.3) is 10.8 Å². The number of anilines is 1. The van der Waals surface area contributed by atoms with Crippen molar-refractivity contribution in [1.82, 2.24) is 9.36 Å². The predicted molar refractivity (Wildman–Crippen MR) is 83.6 cm³/mol. The molecule has 0 spiro atoms. The van der Waals surface area contributed by atoms with E-state index in [9.17, 15) is 8.42 Å². The fraction of sp³-hybridized carbons (Fsp3) is 0.0769. The fourth-order valence-corrected chi connectivity index (χ4v) is 4.20.